The third-order valence-electron chi connectivity index (χ3n) is 5.00. The zero-order chi connectivity index (χ0) is 13.6. The fourth-order valence-corrected chi connectivity index (χ4v) is 4.16. The summed E-state index contributed by atoms with van der Waals surface area (Å²) in [5.74, 6) is 1.98. The molecule has 0 aromatic heterocycles. The molecule has 2 aliphatic rings. The molecule has 2 nitrogen and oxygen atoms in total. The smallest absolute Gasteiger partial charge is 0.227 e. The predicted molar refractivity (Wildman–Crippen MR) is 78.2 cm³/mol. The lowest BCUT2D eigenvalue weighted by molar-refractivity contribution is -0.121. The van der Waals surface area contributed by atoms with Crippen molar-refractivity contribution in [3.8, 4) is 0 Å². The molecule has 0 heterocycles. The molecule has 0 unspecified atom stereocenters. The van der Waals surface area contributed by atoms with Gasteiger partial charge in [0.25, 0.3) is 0 Å². The molecule has 1 N–H and O–H groups in total. The van der Waals surface area contributed by atoms with E-state index in [0.717, 1.165) is 18.0 Å². The molecular formula is C17H23NO. The largest absolute Gasteiger partial charge is 0.325 e. The minimum Gasteiger partial charge on any atom is -0.325 e. The van der Waals surface area contributed by atoms with E-state index in [1.807, 2.05) is 0 Å². The van der Waals surface area contributed by atoms with Crippen LogP contribution in [0, 0.1) is 38.5 Å². The fraction of sp³-hybridized carbons (Fsp3) is 0.588. The number of amides is 1. The normalized spacial score (nSPS) is 28.7. The van der Waals surface area contributed by atoms with Gasteiger partial charge in [0.05, 0.1) is 0 Å². The molecule has 0 spiro atoms. The van der Waals surface area contributed by atoms with Crippen molar-refractivity contribution in [1.29, 1.82) is 0 Å². The molecular weight excluding hydrogens is 234 g/mol. The Balaban J connectivity index is 1.77. The molecule has 3 rings (SSSR count). The first-order valence-corrected chi connectivity index (χ1v) is 7.43. The molecule has 1 aromatic carbocycles. The highest BCUT2D eigenvalue weighted by molar-refractivity contribution is 5.94. The minimum absolute atomic E-state index is 0.252. The second-order valence-electron chi connectivity index (χ2n) is 6.54. The summed E-state index contributed by atoms with van der Waals surface area (Å²) in [6.07, 6.45) is 5.00. The summed E-state index contributed by atoms with van der Waals surface area (Å²) in [7, 11) is 0. The maximum atomic E-state index is 12.5. The number of benzene rings is 1. The maximum Gasteiger partial charge on any atom is 0.227 e. The molecule has 102 valence electrons. The second-order valence-corrected chi connectivity index (χ2v) is 6.54. The van der Waals surface area contributed by atoms with Gasteiger partial charge in [-0.05, 0) is 63.0 Å². The second kappa shape index (κ2) is 4.66. The lowest BCUT2D eigenvalue weighted by atomic mass is 9.88. The van der Waals surface area contributed by atoms with Crippen LogP contribution in [0.5, 0.6) is 0 Å². The Hall–Kier alpha value is -1.31. The van der Waals surface area contributed by atoms with Gasteiger partial charge in [0.15, 0.2) is 0 Å². The molecule has 0 radical (unpaired) electrons. The molecule has 1 amide bonds. The first kappa shape index (κ1) is 12.7. The van der Waals surface area contributed by atoms with Crippen LogP contribution in [0.25, 0.3) is 0 Å². The zero-order valence-electron chi connectivity index (χ0n) is 12.1. The third-order valence-corrected chi connectivity index (χ3v) is 5.00. The van der Waals surface area contributed by atoms with Crippen LogP contribution in [0.15, 0.2) is 12.1 Å². The van der Waals surface area contributed by atoms with Crippen LogP contribution < -0.4 is 5.32 Å². The summed E-state index contributed by atoms with van der Waals surface area (Å²) in [5, 5.41) is 3.19. The Morgan fingerprint density at radius 2 is 1.79 bits per heavy atom. The number of aryl methyl sites for hydroxylation is 3. The van der Waals surface area contributed by atoms with Gasteiger partial charge in [-0.2, -0.15) is 0 Å². The van der Waals surface area contributed by atoms with Crippen molar-refractivity contribution in [3.05, 3.63) is 28.8 Å². The van der Waals surface area contributed by atoms with Crippen molar-refractivity contribution in [2.45, 2.75) is 46.5 Å². The van der Waals surface area contributed by atoms with E-state index in [0.29, 0.717) is 5.92 Å². The topological polar surface area (TPSA) is 29.1 Å². The number of hydrogen-bond donors (Lipinski definition) is 1. The lowest BCUT2D eigenvalue weighted by Gasteiger charge is -2.22. The van der Waals surface area contributed by atoms with Crippen LogP contribution in [-0.4, -0.2) is 5.91 Å². The molecule has 0 aliphatic heterocycles. The van der Waals surface area contributed by atoms with Crippen molar-refractivity contribution in [2.75, 3.05) is 5.32 Å². The van der Waals surface area contributed by atoms with Crippen molar-refractivity contribution >= 4 is 11.6 Å². The number of nitrogens with one attached hydrogen (secondary N) is 1. The summed E-state index contributed by atoms with van der Waals surface area (Å²) in [5.41, 5.74) is 4.63. The SMILES string of the molecule is Cc1cc(C)c(NC(=O)[C@@H]2C[C@@H]3CC[C@H]2C3)c(C)c1. The molecule has 3 atom stereocenters. The monoisotopic (exact) mass is 257 g/mol. The first-order chi connectivity index (χ1) is 9.04. The molecule has 2 fully saturated rings. The number of carbonyl (C=O) groups is 1. The number of carbonyl (C=O) groups excluding carboxylic acids is 1. The highest BCUT2D eigenvalue weighted by Crippen LogP contribution is 2.48. The highest BCUT2D eigenvalue weighted by atomic mass is 16.1. The van der Waals surface area contributed by atoms with Crippen LogP contribution in [0.4, 0.5) is 5.69 Å². The van der Waals surface area contributed by atoms with Crippen LogP contribution in [0.2, 0.25) is 0 Å². The van der Waals surface area contributed by atoms with Crippen LogP contribution in [-0.2, 0) is 4.79 Å². The summed E-state index contributed by atoms with van der Waals surface area (Å²) in [6, 6.07) is 4.28. The van der Waals surface area contributed by atoms with Crippen LogP contribution >= 0.6 is 0 Å². The van der Waals surface area contributed by atoms with E-state index in [2.05, 4.69) is 38.2 Å². The van der Waals surface area contributed by atoms with Gasteiger partial charge in [0, 0.05) is 11.6 Å². The third kappa shape index (κ3) is 2.29. The van der Waals surface area contributed by atoms with Gasteiger partial charge >= 0.3 is 0 Å². The van der Waals surface area contributed by atoms with Gasteiger partial charge in [-0.1, -0.05) is 24.1 Å². The van der Waals surface area contributed by atoms with E-state index in [-0.39, 0.29) is 11.8 Å². The summed E-state index contributed by atoms with van der Waals surface area (Å²) in [4.78, 5) is 12.5. The van der Waals surface area contributed by atoms with Crippen LogP contribution in [0.1, 0.15) is 42.4 Å². The van der Waals surface area contributed by atoms with E-state index in [4.69, 9.17) is 0 Å². The molecule has 2 saturated carbocycles. The lowest BCUT2D eigenvalue weighted by Crippen LogP contribution is -2.27. The molecule has 2 aliphatic carbocycles. The molecule has 0 saturated heterocycles. The van der Waals surface area contributed by atoms with Gasteiger partial charge in [-0.15, -0.1) is 0 Å². The van der Waals surface area contributed by atoms with Gasteiger partial charge in [-0.3, -0.25) is 4.79 Å². The Morgan fingerprint density at radius 3 is 2.32 bits per heavy atom. The average Bonchev–Trinajstić information content (AvgIpc) is 2.95. The van der Waals surface area contributed by atoms with Gasteiger partial charge in [-0.25, -0.2) is 0 Å². The minimum atomic E-state index is 0.252. The summed E-state index contributed by atoms with van der Waals surface area (Å²) < 4.78 is 0. The van der Waals surface area contributed by atoms with Crippen molar-refractivity contribution in [3.63, 3.8) is 0 Å². The molecule has 2 heteroatoms. The van der Waals surface area contributed by atoms with E-state index >= 15 is 0 Å². The highest BCUT2D eigenvalue weighted by Gasteiger charge is 2.43. The van der Waals surface area contributed by atoms with Gasteiger partial charge in [0.1, 0.15) is 0 Å². The van der Waals surface area contributed by atoms with E-state index in [1.54, 1.807) is 0 Å². The van der Waals surface area contributed by atoms with Crippen LogP contribution in [0.3, 0.4) is 0 Å². The molecule has 19 heavy (non-hydrogen) atoms. The van der Waals surface area contributed by atoms with Crippen molar-refractivity contribution in [1.82, 2.24) is 0 Å². The number of rotatable bonds is 2. The average molecular weight is 257 g/mol. The Bertz CT molecular complexity index is 497. The number of fused-ring (bicyclic) bond motifs is 2. The zero-order valence-corrected chi connectivity index (χ0v) is 12.1. The van der Waals surface area contributed by atoms with E-state index in [9.17, 15) is 4.79 Å². The molecule has 2 bridgehead atoms. The standard InChI is InChI=1S/C17H23NO/c1-10-6-11(2)16(12(3)7-10)18-17(19)15-9-13-4-5-14(15)8-13/h6-7,13-15H,4-5,8-9H2,1-3H3,(H,18,19)/t13-,14+,15-/m1/s1. The number of hydrogen-bond acceptors (Lipinski definition) is 1. The maximum absolute atomic E-state index is 12.5. The van der Waals surface area contributed by atoms with Gasteiger partial charge in [0.2, 0.25) is 5.91 Å². The fourth-order valence-electron chi connectivity index (χ4n) is 4.16. The molecule has 1 aromatic rings. The van der Waals surface area contributed by atoms with Crippen molar-refractivity contribution in [2.24, 2.45) is 17.8 Å². The summed E-state index contributed by atoms with van der Waals surface area (Å²) in [6.45, 7) is 6.26. The van der Waals surface area contributed by atoms with Crippen molar-refractivity contribution < 1.29 is 4.79 Å². The Morgan fingerprint density at radius 1 is 1.11 bits per heavy atom. The van der Waals surface area contributed by atoms with E-state index in [1.165, 1.54) is 36.0 Å². The quantitative estimate of drug-likeness (QED) is 0.853. The summed E-state index contributed by atoms with van der Waals surface area (Å²) >= 11 is 0. The predicted octanol–water partition coefficient (Wildman–Crippen LogP) is 3.99. The Labute approximate surface area is 115 Å². The van der Waals surface area contributed by atoms with Gasteiger partial charge < -0.3 is 5.32 Å². The Kier molecular flexibility index (Phi) is 3.12. The number of anilines is 1. The van der Waals surface area contributed by atoms with E-state index < -0.39 is 0 Å². The first-order valence-electron chi connectivity index (χ1n) is 7.43.